The maximum Gasteiger partial charge on any atom is 0.405 e. The fourth-order valence-corrected chi connectivity index (χ4v) is 4.37. The first-order valence-corrected chi connectivity index (χ1v) is 10.6. The molecule has 6 nitrogen and oxygen atoms in total. The monoisotopic (exact) mass is 511 g/mol. The highest BCUT2D eigenvalue weighted by atomic mass is 35.5. The minimum absolute atomic E-state index is 0.0599. The number of anilines is 1. The van der Waals surface area contributed by atoms with Crippen LogP contribution >= 0.6 is 11.6 Å². The Balaban J connectivity index is 2.02. The first-order valence-electron chi connectivity index (χ1n) is 10.0. The zero-order valence-electron chi connectivity index (χ0n) is 17.4. The molecule has 0 bridgehead atoms. The van der Waals surface area contributed by atoms with E-state index in [2.05, 4.69) is 4.98 Å². The first-order chi connectivity index (χ1) is 16.0. The molecule has 1 saturated heterocycles. The molecule has 2 unspecified atom stereocenters. The molecule has 3 rings (SSSR count). The Morgan fingerprint density at radius 1 is 1.21 bits per heavy atom. The van der Waals surface area contributed by atoms with Crippen molar-refractivity contribution in [3.05, 3.63) is 47.2 Å². The molecule has 3 N–H and O–H groups in total. The summed E-state index contributed by atoms with van der Waals surface area (Å²) in [6.07, 6.45) is -8.86. The number of carboxylic acid groups (broad SMARTS) is 1. The molecule has 1 aromatic heterocycles. The average molecular weight is 512 g/mol. The molecule has 0 spiro atoms. The number of nitrogens with zero attached hydrogens (tertiary/aromatic N) is 2. The third-order valence-electron chi connectivity index (χ3n) is 5.74. The van der Waals surface area contributed by atoms with Crippen LogP contribution in [0.25, 0.3) is 11.3 Å². The van der Waals surface area contributed by atoms with E-state index in [9.17, 15) is 36.2 Å². The van der Waals surface area contributed by atoms with Crippen molar-refractivity contribution in [3.63, 3.8) is 0 Å². The smallest absolute Gasteiger partial charge is 0.405 e. The molecule has 2 aromatic rings. The van der Waals surface area contributed by atoms with E-state index in [0.717, 1.165) is 0 Å². The normalized spacial score (nSPS) is 19.5. The molecule has 0 aliphatic carbocycles. The van der Waals surface area contributed by atoms with Gasteiger partial charge in [0.15, 0.2) is 11.6 Å². The molecule has 2 atom stereocenters. The highest BCUT2D eigenvalue weighted by molar-refractivity contribution is 6.17. The van der Waals surface area contributed by atoms with Gasteiger partial charge < -0.3 is 20.4 Å². The zero-order chi connectivity index (χ0) is 25.2. The van der Waals surface area contributed by atoms with E-state index in [1.54, 1.807) is 0 Å². The van der Waals surface area contributed by atoms with E-state index in [1.165, 1.54) is 17.2 Å². The number of hydrogen-bond acceptors (Lipinski definition) is 4. The van der Waals surface area contributed by atoms with Crippen molar-refractivity contribution in [1.82, 2.24) is 10.3 Å². The predicted molar refractivity (Wildman–Crippen MR) is 111 cm³/mol. The lowest BCUT2D eigenvalue weighted by molar-refractivity contribution is -0.0627. The van der Waals surface area contributed by atoms with Crippen LogP contribution in [0.2, 0.25) is 0 Å². The van der Waals surface area contributed by atoms with E-state index < -0.39 is 47.8 Å². The summed E-state index contributed by atoms with van der Waals surface area (Å²) in [6, 6.07) is 2.26. The van der Waals surface area contributed by atoms with Crippen LogP contribution in [0.5, 0.6) is 0 Å². The molecule has 1 amide bonds. The van der Waals surface area contributed by atoms with E-state index >= 15 is 0 Å². The standard InChI is InChI=1S/C21H20ClF6N3O3/c22-7-10-4-15(11-5-13(23)14(24)6-12(11)18(25)26)29-8-16(10)31-3-1-2-21(9-31,30-20(33)34)17(32)19(27)28/h4-6,8,17-19,30,32H,1-3,7,9H2,(H,33,34). The zero-order valence-corrected chi connectivity index (χ0v) is 18.2. The SMILES string of the molecule is O=C(O)NC1(C(O)C(F)F)CCCN(c2cnc(-c3cc(F)c(F)cc3C(F)F)cc2CCl)C1. The molecule has 1 fully saturated rings. The van der Waals surface area contributed by atoms with Crippen molar-refractivity contribution in [2.75, 3.05) is 18.0 Å². The Morgan fingerprint density at radius 2 is 1.88 bits per heavy atom. The van der Waals surface area contributed by atoms with Gasteiger partial charge in [0.25, 0.3) is 12.9 Å². The van der Waals surface area contributed by atoms with E-state index in [4.69, 9.17) is 16.7 Å². The Kier molecular flexibility index (Phi) is 7.81. The highest BCUT2D eigenvalue weighted by Crippen LogP contribution is 2.36. The summed E-state index contributed by atoms with van der Waals surface area (Å²) in [6.45, 7) is -0.0689. The van der Waals surface area contributed by atoms with Crippen molar-refractivity contribution < 1.29 is 41.4 Å². The largest absolute Gasteiger partial charge is 0.465 e. The molecule has 13 heteroatoms. The molecule has 186 valence electrons. The maximum atomic E-state index is 13.8. The fraction of sp³-hybridized carbons (Fsp3) is 0.429. The minimum atomic E-state index is -3.22. The minimum Gasteiger partial charge on any atom is -0.465 e. The second kappa shape index (κ2) is 10.3. The molecular weight excluding hydrogens is 492 g/mol. The molecule has 1 aliphatic rings. The molecule has 1 aromatic carbocycles. The summed E-state index contributed by atoms with van der Waals surface area (Å²) in [5, 5.41) is 21.3. The number of rotatable bonds is 7. The van der Waals surface area contributed by atoms with Crippen molar-refractivity contribution in [2.45, 2.75) is 43.2 Å². The number of benzene rings is 1. The lowest BCUT2D eigenvalue weighted by Gasteiger charge is -2.46. The van der Waals surface area contributed by atoms with Gasteiger partial charge in [-0.25, -0.2) is 31.1 Å². The average Bonchev–Trinajstić information content (AvgIpc) is 2.79. The second-order valence-corrected chi connectivity index (χ2v) is 8.14. The van der Waals surface area contributed by atoms with Crippen LogP contribution in [0.3, 0.4) is 0 Å². The third kappa shape index (κ3) is 5.17. The Bertz CT molecular complexity index is 1060. The summed E-state index contributed by atoms with van der Waals surface area (Å²) in [5.41, 5.74) is -2.54. The quantitative estimate of drug-likeness (QED) is 0.362. The van der Waals surface area contributed by atoms with Gasteiger partial charge in [-0.15, -0.1) is 11.6 Å². The molecule has 2 heterocycles. The van der Waals surface area contributed by atoms with Crippen LogP contribution in [0.1, 0.15) is 30.4 Å². The van der Waals surface area contributed by atoms with Crippen molar-refractivity contribution in [3.8, 4) is 11.3 Å². The number of carbonyl (C=O) groups is 1. The van der Waals surface area contributed by atoms with Crippen LogP contribution in [0, 0.1) is 11.6 Å². The van der Waals surface area contributed by atoms with Crippen molar-refractivity contribution >= 4 is 23.4 Å². The van der Waals surface area contributed by atoms with Crippen LogP contribution in [0.4, 0.5) is 36.8 Å². The van der Waals surface area contributed by atoms with Crippen molar-refractivity contribution in [2.24, 2.45) is 0 Å². The second-order valence-electron chi connectivity index (χ2n) is 7.88. The topological polar surface area (TPSA) is 85.7 Å². The molecular formula is C21H20ClF6N3O3. The molecule has 34 heavy (non-hydrogen) atoms. The van der Waals surface area contributed by atoms with Crippen molar-refractivity contribution in [1.29, 1.82) is 0 Å². The lowest BCUT2D eigenvalue weighted by Crippen LogP contribution is -2.66. The summed E-state index contributed by atoms with van der Waals surface area (Å²) in [5.74, 6) is -2.98. The molecule has 0 radical (unpaired) electrons. The Morgan fingerprint density at radius 3 is 2.47 bits per heavy atom. The summed E-state index contributed by atoms with van der Waals surface area (Å²) in [4.78, 5) is 16.8. The number of pyridine rings is 1. The molecule has 1 aliphatic heterocycles. The van der Waals surface area contributed by atoms with Gasteiger partial charge in [0.05, 0.1) is 23.1 Å². The van der Waals surface area contributed by atoms with Gasteiger partial charge in [-0.05, 0) is 36.6 Å². The van der Waals surface area contributed by atoms with E-state index in [1.807, 2.05) is 5.32 Å². The summed E-state index contributed by atoms with van der Waals surface area (Å²) < 4.78 is 80.8. The third-order valence-corrected chi connectivity index (χ3v) is 6.03. The maximum absolute atomic E-state index is 13.8. The van der Waals surface area contributed by atoms with Gasteiger partial charge in [0, 0.05) is 30.1 Å². The number of nitrogens with one attached hydrogen (secondary N) is 1. The number of aliphatic hydroxyl groups is 1. The number of aliphatic hydroxyl groups excluding tert-OH is 1. The van der Waals surface area contributed by atoms with Gasteiger partial charge >= 0.3 is 6.09 Å². The number of hydrogen-bond donors (Lipinski definition) is 3. The van der Waals surface area contributed by atoms with Crippen LogP contribution in [-0.4, -0.2) is 52.4 Å². The Hall–Kier alpha value is -2.73. The number of alkyl halides is 5. The van der Waals surface area contributed by atoms with E-state index in [0.29, 0.717) is 17.7 Å². The predicted octanol–water partition coefficient (Wildman–Crippen LogP) is 4.94. The van der Waals surface area contributed by atoms with E-state index in [-0.39, 0.29) is 48.8 Å². The van der Waals surface area contributed by atoms with Crippen LogP contribution in [-0.2, 0) is 5.88 Å². The Labute approximate surface area is 195 Å². The van der Waals surface area contributed by atoms with Gasteiger partial charge in [0.1, 0.15) is 6.10 Å². The fourth-order valence-electron chi connectivity index (χ4n) is 4.15. The van der Waals surface area contributed by atoms with Gasteiger partial charge in [-0.3, -0.25) is 4.98 Å². The molecule has 0 saturated carbocycles. The van der Waals surface area contributed by atoms with Gasteiger partial charge in [0.2, 0.25) is 0 Å². The van der Waals surface area contributed by atoms with Gasteiger partial charge in [-0.1, -0.05) is 0 Å². The number of halogens is 7. The van der Waals surface area contributed by atoms with Crippen LogP contribution < -0.4 is 10.2 Å². The number of aromatic nitrogens is 1. The van der Waals surface area contributed by atoms with Crippen LogP contribution in [0.15, 0.2) is 24.4 Å². The van der Waals surface area contributed by atoms with Gasteiger partial charge in [-0.2, -0.15) is 0 Å². The summed E-state index contributed by atoms with van der Waals surface area (Å²) in [7, 11) is 0. The highest BCUT2D eigenvalue weighted by Gasteiger charge is 2.47. The first kappa shape index (κ1) is 25.9. The number of amides is 1. The lowest BCUT2D eigenvalue weighted by atomic mass is 9.83. The summed E-state index contributed by atoms with van der Waals surface area (Å²) >= 11 is 6.02. The number of piperidine rings is 1.